The van der Waals surface area contributed by atoms with Crippen molar-refractivity contribution >= 4 is 5.95 Å². The predicted octanol–water partition coefficient (Wildman–Crippen LogP) is 0.612. The molecule has 0 bridgehead atoms. The van der Waals surface area contributed by atoms with Crippen LogP contribution in [0.15, 0.2) is 6.20 Å². The van der Waals surface area contributed by atoms with E-state index in [-0.39, 0.29) is 17.9 Å². The van der Waals surface area contributed by atoms with Crippen LogP contribution in [-0.2, 0) is 4.74 Å². The highest BCUT2D eigenvalue weighted by molar-refractivity contribution is 5.22. The van der Waals surface area contributed by atoms with Crippen LogP contribution in [0.3, 0.4) is 0 Å². The van der Waals surface area contributed by atoms with Crippen molar-refractivity contribution in [2.24, 2.45) is 0 Å². The maximum Gasteiger partial charge on any atom is 0.255 e. The molecule has 1 aromatic rings. The van der Waals surface area contributed by atoms with Crippen LogP contribution in [-0.4, -0.2) is 29.8 Å². The first-order chi connectivity index (χ1) is 6.63. The predicted molar refractivity (Wildman–Crippen MR) is 48.4 cm³/mol. The zero-order valence-electron chi connectivity index (χ0n) is 8.03. The smallest absolute Gasteiger partial charge is 0.255 e. The molecular formula is C8H12FN3O2. The molecule has 6 heteroatoms. The van der Waals surface area contributed by atoms with Crippen molar-refractivity contribution in [3.63, 3.8) is 0 Å². The maximum absolute atomic E-state index is 13.0. The number of halogens is 1. The van der Waals surface area contributed by atoms with Gasteiger partial charge in [-0.1, -0.05) is 0 Å². The quantitative estimate of drug-likeness (QED) is 0.772. The minimum Gasteiger partial charge on any atom is -0.470 e. The Hall–Kier alpha value is -1.43. The number of methoxy groups -OCH3 is 1. The van der Waals surface area contributed by atoms with Gasteiger partial charge in [0, 0.05) is 7.11 Å². The van der Waals surface area contributed by atoms with Crippen LogP contribution < -0.4 is 10.5 Å². The number of ether oxygens (including phenoxy) is 2. The molecule has 1 heterocycles. The average molecular weight is 201 g/mol. The van der Waals surface area contributed by atoms with Gasteiger partial charge in [-0.05, 0) is 6.92 Å². The topological polar surface area (TPSA) is 70.3 Å². The number of nitrogens with two attached hydrogens (primary N) is 1. The summed E-state index contributed by atoms with van der Waals surface area (Å²) < 4.78 is 23.0. The molecule has 0 aliphatic rings. The van der Waals surface area contributed by atoms with Gasteiger partial charge in [-0.25, -0.2) is 4.98 Å². The second kappa shape index (κ2) is 4.71. The van der Waals surface area contributed by atoms with Crippen molar-refractivity contribution < 1.29 is 13.9 Å². The van der Waals surface area contributed by atoms with Gasteiger partial charge in [0.25, 0.3) is 5.88 Å². The summed E-state index contributed by atoms with van der Waals surface area (Å²) in [6.45, 7) is 2.09. The summed E-state index contributed by atoms with van der Waals surface area (Å²) in [5.41, 5.74) is 5.28. The molecule has 1 unspecified atom stereocenters. The van der Waals surface area contributed by atoms with Gasteiger partial charge in [0.1, 0.15) is 6.10 Å². The van der Waals surface area contributed by atoms with Crippen LogP contribution in [0.1, 0.15) is 6.92 Å². The number of hydrogen-bond acceptors (Lipinski definition) is 5. The van der Waals surface area contributed by atoms with E-state index in [1.54, 1.807) is 6.92 Å². The molecule has 0 fully saturated rings. The van der Waals surface area contributed by atoms with E-state index in [2.05, 4.69) is 9.97 Å². The van der Waals surface area contributed by atoms with Crippen LogP contribution in [0.25, 0.3) is 0 Å². The highest BCUT2D eigenvalue weighted by atomic mass is 19.1. The van der Waals surface area contributed by atoms with Crippen molar-refractivity contribution in [1.82, 2.24) is 9.97 Å². The summed E-state index contributed by atoms with van der Waals surface area (Å²) in [5.74, 6) is -0.810. The van der Waals surface area contributed by atoms with Gasteiger partial charge in [-0.15, -0.1) is 0 Å². The molecule has 2 N–H and O–H groups in total. The Balaban J connectivity index is 2.70. The zero-order chi connectivity index (χ0) is 10.6. The summed E-state index contributed by atoms with van der Waals surface area (Å²) in [7, 11) is 1.53. The van der Waals surface area contributed by atoms with Crippen molar-refractivity contribution in [2.45, 2.75) is 13.0 Å². The fraction of sp³-hybridized carbons (Fsp3) is 0.500. The van der Waals surface area contributed by atoms with E-state index < -0.39 is 5.82 Å². The van der Waals surface area contributed by atoms with Crippen molar-refractivity contribution in [3.05, 3.63) is 12.0 Å². The Labute approximate surface area is 81.1 Å². The van der Waals surface area contributed by atoms with Crippen molar-refractivity contribution in [3.8, 4) is 5.88 Å². The van der Waals surface area contributed by atoms with Crippen molar-refractivity contribution in [2.75, 3.05) is 19.5 Å². The standard InChI is InChI=1S/C8H12FN3O2/c1-5(4-13-2)14-7-6(9)3-11-8(10)12-7/h3,5H,4H2,1-2H3,(H2,10,11,12). The van der Waals surface area contributed by atoms with E-state index in [0.29, 0.717) is 6.61 Å². The lowest BCUT2D eigenvalue weighted by atomic mass is 10.4. The molecule has 0 aliphatic heterocycles. The minimum atomic E-state index is -0.637. The third-order valence-electron chi connectivity index (χ3n) is 1.44. The van der Waals surface area contributed by atoms with E-state index >= 15 is 0 Å². The lowest BCUT2D eigenvalue weighted by Crippen LogP contribution is -2.19. The summed E-state index contributed by atoms with van der Waals surface area (Å²) in [5, 5.41) is 0. The summed E-state index contributed by atoms with van der Waals surface area (Å²) in [6.07, 6.45) is 0.681. The van der Waals surface area contributed by atoms with Gasteiger partial charge in [0.15, 0.2) is 0 Å². The molecule has 0 aliphatic carbocycles. The average Bonchev–Trinajstić information content (AvgIpc) is 2.12. The van der Waals surface area contributed by atoms with Crippen LogP contribution in [0.4, 0.5) is 10.3 Å². The van der Waals surface area contributed by atoms with Gasteiger partial charge in [0.05, 0.1) is 12.8 Å². The molecule has 0 saturated heterocycles. The Morgan fingerprint density at radius 2 is 2.36 bits per heavy atom. The second-order valence-corrected chi connectivity index (χ2v) is 2.77. The molecule has 0 spiro atoms. The molecule has 0 aromatic carbocycles. The first-order valence-corrected chi connectivity index (χ1v) is 4.07. The molecule has 5 nitrogen and oxygen atoms in total. The Kier molecular flexibility index (Phi) is 3.58. The van der Waals surface area contributed by atoms with E-state index in [1.165, 1.54) is 7.11 Å². The monoisotopic (exact) mass is 201 g/mol. The number of aromatic nitrogens is 2. The third-order valence-corrected chi connectivity index (χ3v) is 1.44. The number of hydrogen-bond donors (Lipinski definition) is 1. The fourth-order valence-electron chi connectivity index (χ4n) is 0.906. The largest absolute Gasteiger partial charge is 0.470 e. The first kappa shape index (κ1) is 10.6. The fourth-order valence-corrected chi connectivity index (χ4v) is 0.906. The van der Waals surface area contributed by atoms with Crippen LogP contribution in [0.2, 0.25) is 0 Å². The van der Waals surface area contributed by atoms with Crippen LogP contribution >= 0.6 is 0 Å². The molecule has 0 amide bonds. The minimum absolute atomic E-state index is 0.0222. The third kappa shape index (κ3) is 2.81. The molecular weight excluding hydrogens is 189 g/mol. The van der Waals surface area contributed by atoms with Gasteiger partial charge in [-0.3, -0.25) is 0 Å². The van der Waals surface area contributed by atoms with Gasteiger partial charge >= 0.3 is 0 Å². The number of anilines is 1. The molecule has 14 heavy (non-hydrogen) atoms. The molecule has 78 valence electrons. The lowest BCUT2D eigenvalue weighted by molar-refractivity contribution is 0.0858. The van der Waals surface area contributed by atoms with Crippen molar-refractivity contribution in [1.29, 1.82) is 0 Å². The molecule has 0 radical (unpaired) electrons. The lowest BCUT2D eigenvalue weighted by Gasteiger charge is -2.12. The summed E-state index contributed by atoms with van der Waals surface area (Å²) in [6, 6.07) is 0. The normalized spacial score (nSPS) is 12.5. The van der Waals surface area contributed by atoms with E-state index in [0.717, 1.165) is 6.20 Å². The van der Waals surface area contributed by atoms with Crippen LogP contribution in [0.5, 0.6) is 5.88 Å². The molecule has 1 rings (SSSR count). The van der Waals surface area contributed by atoms with E-state index in [4.69, 9.17) is 15.2 Å². The first-order valence-electron chi connectivity index (χ1n) is 4.07. The summed E-state index contributed by atoms with van der Waals surface area (Å²) in [4.78, 5) is 7.08. The zero-order valence-corrected chi connectivity index (χ0v) is 8.03. The number of rotatable bonds is 4. The second-order valence-electron chi connectivity index (χ2n) is 2.77. The molecule has 1 aromatic heterocycles. The molecule has 0 saturated carbocycles. The van der Waals surface area contributed by atoms with Crippen LogP contribution in [0, 0.1) is 5.82 Å². The Bertz CT molecular complexity index is 309. The number of nitrogens with zero attached hydrogens (tertiary/aromatic N) is 2. The molecule has 1 atom stereocenters. The summed E-state index contributed by atoms with van der Waals surface area (Å²) >= 11 is 0. The van der Waals surface area contributed by atoms with E-state index in [1.807, 2.05) is 0 Å². The number of nitrogen functional groups attached to an aromatic ring is 1. The SMILES string of the molecule is COCC(C)Oc1nc(N)ncc1F. The Morgan fingerprint density at radius 3 is 3.00 bits per heavy atom. The van der Waals surface area contributed by atoms with Gasteiger partial charge < -0.3 is 15.2 Å². The van der Waals surface area contributed by atoms with Gasteiger partial charge in [0.2, 0.25) is 11.8 Å². The maximum atomic E-state index is 13.0. The highest BCUT2D eigenvalue weighted by Gasteiger charge is 2.10. The van der Waals surface area contributed by atoms with E-state index in [9.17, 15) is 4.39 Å². The van der Waals surface area contributed by atoms with Gasteiger partial charge in [-0.2, -0.15) is 9.37 Å². The highest BCUT2D eigenvalue weighted by Crippen LogP contribution is 2.14. The Morgan fingerprint density at radius 1 is 1.64 bits per heavy atom.